The minimum atomic E-state index is -0.268. The van der Waals surface area contributed by atoms with Crippen molar-refractivity contribution >= 4 is 0 Å². The summed E-state index contributed by atoms with van der Waals surface area (Å²) in [5, 5.41) is 9.33. The molecule has 0 aliphatic heterocycles. The SMILES string of the molecule is COc1cccc(-n2c(C)cc(O)cc2=O)c1. The molecule has 0 bridgehead atoms. The third-order valence-corrected chi connectivity index (χ3v) is 2.51. The van der Waals surface area contributed by atoms with Gasteiger partial charge in [0.15, 0.2) is 0 Å². The van der Waals surface area contributed by atoms with Crippen molar-refractivity contribution in [3.63, 3.8) is 0 Å². The number of methoxy groups -OCH3 is 1. The van der Waals surface area contributed by atoms with Gasteiger partial charge in [-0.1, -0.05) is 6.07 Å². The number of aromatic nitrogens is 1. The van der Waals surface area contributed by atoms with Gasteiger partial charge in [-0.2, -0.15) is 0 Å². The number of hydrogen-bond acceptors (Lipinski definition) is 3. The number of ether oxygens (including phenoxy) is 1. The topological polar surface area (TPSA) is 51.5 Å². The van der Waals surface area contributed by atoms with E-state index in [-0.39, 0.29) is 11.3 Å². The molecule has 0 unspecified atom stereocenters. The Bertz CT molecular complexity index is 602. The summed E-state index contributed by atoms with van der Waals surface area (Å²) in [4.78, 5) is 11.8. The molecule has 0 saturated carbocycles. The number of pyridine rings is 1. The molecule has 4 nitrogen and oxygen atoms in total. The molecular weight excluding hydrogens is 218 g/mol. The molecule has 2 rings (SSSR count). The quantitative estimate of drug-likeness (QED) is 0.858. The second-order valence-corrected chi connectivity index (χ2v) is 3.73. The van der Waals surface area contributed by atoms with E-state index in [0.29, 0.717) is 17.1 Å². The van der Waals surface area contributed by atoms with Crippen LogP contribution in [-0.2, 0) is 0 Å². The molecule has 1 aromatic carbocycles. The first kappa shape index (κ1) is 11.3. The first-order valence-electron chi connectivity index (χ1n) is 5.19. The molecule has 1 heterocycles. The molecule has 0 spiro atoms. The summed E-state index contributed by atoms with van der Waals surface area (Å²) in [6.07, 6.45) is 0. The van der Waals surface area contributed by atoms with E-state index in [1.54, 1.807) is 26.2 Å². The molecule has 0 aliphatic carbocycles. The molecule has 0 amide bonds. The monoisotopic (exact) mass is 231 g/mol. The van der Waals surface area contributed by atoms with Crippen LogP contribution >= 0.6 is 0 Å². The second-order valence-electron chi connectivity index (χ2n) is 3.73. The summed E-state index contributed by atoms with van der Waals surface area (Å²) in [5.74, 6) is 0.661. The van der Waals surface area contributed by atoms with Crippen LogP contribution in [0.3, 0.4) is 0 Å². The van der Waals surface area contributed by atoms with E-state index in [2.05, 4.69) is 0 Å². The highest BCUT2D eigenvalue weighted by atomic mass is 16.5. The fourth-order valence-corrected chi connectivity index (χ4v) is 1.77. The summed E-state index contributed by atoms with van der Waals surface area (Å²) in [7, 11) is 1.57. The predicted octanol–water partition coefficient (Wildman–Crippen LogP) is 1.86. The van der Waals surface area contributed by atoms with Gasteiger partial charge in [0.1, 0.15) is 11.5 Å². The lowest BCUT2D eigenvalue weighted by Crippen LogP contribution is -2.19. The molecule has 2 aromatic rings. The van der Waals surface area contributed by atoms with Gasteiger partial charge in [0.25, 0.3) is 5.56 Å². The Morgan fingerprint density at radius 2 is 2.00 bits per heavy atom. The minimum absolute atomic E-state index is 0.0216. The average molecular weight is 231 g/mol. The van der Waals surface area contributed by atoms with E-state index < -0.39 is 0 Å². The molecule has 0 fully saturated rings. The molecule has 0 atom stereocenters. The maximum Gasteiger partial charge on any atom is 0.258 e. The van der Waals surface area contributed by atoms with Crippen LogP contribution in [0.1, 0.15) is 5.69 Å². The molecule has 17 heavy (non-hydrogen) atoms. The Hall–Kier alpha value is -2.23. The number of benzene rings is 1. The van der Waals surface area contributed by atoms with Gasteiger partial charge in [0, 0.05) is 17.8 Å². The van der Waals surface area contributed by atoms with E-state index in [0.717, 1.165) is 0 Å². The van der Waals surface area contributed by atoms with Gasteiger partial charge < -0.3 is 9.84 Å². The smallest absolute Gasteiger partial charge is 0.258 e. The Labute approximate surface area is 98.7 Å². The first-order chi connectivity index (χ1) is 8.11. The lowest BCUT2D eigenvalue weighted by Gasteiger charge is -2.11. The van der Waals surface area contributed by atoms with Gasteiger partial charge in [0.2, 0.25) is 0 Å². The van der Waals surface area contributed by atoms with Crippen LogP contribution in [0.25, 0.3) is 5.69 Å². The maximum atomic E-state index is 11.8. The third-order valence-electron chi connectivity index (χ3n) is 2.51. The van der Waals surface area contributed by atoms with Crippen LogP contribution in [0.15, 0.2) is 41.2 Å². The largest absolute Gasteiger partial charge is 0.508 e. The number of aryl methyl sites for hydroxylation is 1. The van der Waals surface area contributed by atoms with Gasteiger partial charge in [-0.25, -0.2) is 0 Å². The van der Waals surface area contributed by atoms with Crippen LogP contribution in [0.2, 0.25) is 0 Å². The van der Waals surface area contributed by atoms with Crippen LogP contribution in [0.5, 0.6) is 11.5 Å². The van der Waals surface area contributed by atoms with Crippen molar-refractivity contribution in [2.75, 3.05) is 7.11 Å². The third kappa shape index (κ3) is 2.15. The Kier molecular flexibility index (Phi) is 2.87. The fourth-order valence-electron chi connectivity index (χ4n) is 1.77. The summed E-state index contributed by atoms with van der Waals surface area (Å²) in [5.41, 5.74) is 1.12. The summed E-state index contributed by atoms with van der Waals surface area (Å²) in [6, 6.07) is 9.93. The van der Waals surface area contributed by atoms with Crippen molar-refractivity contribution in [2.45, 2.75) is 6.92 Å². The zero-order chi connectivity index (χ0) is 12.4. The Balaban J connectivity index is 2.64. The summed E-state index contributed by atoms with van der Waals surface area (Å²) < 4.78 is 6.63. The summed E-state index contributed by atoms with van der Waals surface area (Å²) >= 11 is 0. The van der Waals surface area contributed by atoms with Crippen molar-refractivity contribution < 1.29 is 9.84 Å². The normalized spacial score (nSPS) is 10.2. The molecule has 0 aliphatic rings. The first-order valence-corrected chi connectivity index (χ1v) is 5.19. The number of rotatable bonds is 2. The van der Waals surface area contributed by atoms with E-state index in [9.17, 15) is 9.90 Å². The molecule has 88 valence electrons. The highest BCUT2D eigenvalue weighted by Crippen LogP contribution is 2.17. The highest BCUT2D eigenvalue weighted by Gasteiger charge is 2.05. The second kappa shape index (κ2) is 4.33. The van der Waals surface area contributed by atoms with E-state index in [1.807, 2.05) is 18.2 Å². The van der Waals surface area contributed by atoms with Gasteiger partial charge in [-0.05, 0) is 25.1 Å². The lowest BCUT2D eigenvalue weighted by molar-refractivity contribution is 0.414. The zero-order valence-electron chi connectivity index (χ0n) is 9.68. The maximum absolute atomic E-state index is 11.8. The zero-order valence-corrected chi connectivity index (χ0v) is 9.68. The van der Waals surface area contributed by atoms with Crippen LogP contribution < -0.4 is 10.3 Å². The Morgan fingerprint density at radius 3 is 2.65 bits per heavy atom. The summed E-state index contributed by atoms with van der Waals surface area (Å²) in [6.45, 7) is 1.76. The molecule has 1 aromatic heterocycles. The van der Waals surface area contributed by atoms with Gasteiger partial charge in [0.05, 0.1) is 12.8 Å². The number of hydrogen-bond donors (Lipinski definition) is 1. The number of aromatic hydroxyl groups is 1. The van der Waals surface area contributed by atoms with Gasteiger partial charge in [-0.3, -0.25) is 9.36 Å². The van der Waals surface area contributed by atoms with Crippen LogP contribution in [-0.4, -0.2) is 16.8 Å². The Morgan fingerprint density at radius 1 is 1.24 bits per heavy atom. The minimum Gasteiger partial charge on any atom is -0.508 e. The molecule has 1 N–H and O–H groups in total. The fraction of sp³-hybridized carbons (Fsp3) is 0.154. The van der Waals surface area contributed by atoms with Crippen molar-refractivity contribution in [3.8, 4) is 17.2 Å². The van der Waals surface area contributed by atoms with Gasteiger partial charge in [-0.15, -0.1) is 0 Å². The van der Waals surface area contributed by atoms with Crippen molar-refractivity contribution in [3.05, 3.63) is 52.4 Å². The van der Waals surface area contributed by atoms with E-state index >= 15 is 0 Å². The highest BCUT2D eigenvalue weighted by molar-refractivity contribution is 5.41. The molecular formula is C13H13NO3. The standard InChI is InChI=1S/C13H13NO3/c1-9-6-11(15)8-13(16)14(9)10-4-3-5-12(7-10)17-2/h3-8,15H,1-2H3. The van der Waals surface area contributed by atoms with Crippen molar-refractivity contribution in [1.29, 1.82) is 0 Å². The van der Waals surface area contributed by atoms with Crippen LogP contribution in [0, 0.1) is 6.92 Å². The molecule has 0 radical (unpaired) electrons. The van der Waals surface area contributed by atoms with E-state index in [4.69, 9.17) is 4.74 Å². The average Bonchev–Trinajstić information content (AvgIpc) is 2.28. The number of nitrogens with zero attached hydrogens (tertiary/aromatic N) is 1. The van der Waals surface area contributed by atoms with Crippen molar-refractivity contribution in [1.82, 2.24) is 4.57 Å². The van der Waals surface area contributed by atoms with Crippen molar-refractivity contribution in [2.24, 2.45) is 0 Å². The van der Waals surface area contributed by atoms with Gasteiger partial charge >= 0.3 is 0 Å². The van der Waals surface area contributed by atoms with Crippen LogP contribution in [0.4, 0.5) is 0 Å². The lowest BCUT2D eigenvalue weighted by atomic mass is 10.2. The molecule has 0 saturated heterocycles. The predicted molar refractivity (Wildman–Crippen MR) is 65.0 cm³/mol. The van der Waals surface area contributed by atoms with E-state index in [1.165, 1.54) is 10.6 Å². The molecule has 4 heteroatoms.